The van der Waals surface area contributed by atoms with Gasteiger partial charge in [0.25, 0.3) is 0 Å². The Bertz CT molecular complexity index is 839. The summed E-state index contributed by atoms with van der Waals surface area (Å²) in [6.45, 7) is 0.961. The number of nitrogens with one attached hydrogen (secondary N) is 1. The fourth-order valence-electron chi connectivity index (χ4n) is 2.58. The van der Waals surface area contributed by atoms with Gasteiger partial charge < -0.3 is 14.2 Å². The van der Waals surface area contributed by atoms with Crippen LogP contribution in [0.4, 0.5) is 0 Å². The van der Waals surface area contributed by atoms with Crippen LogP contribution in [0.1, 0.15) is 5.56 Å². The van der Waals surface area contributed by atoms with E-state index in [0.29, 0.717) is 23.7 Å². The molecule has 0 unspecified atom stereocenters. The van der Waals surface area contributed by atoms with Crippen LogP contribution in [0.5, 0.6) is 0 Å². The first-order valence-corrected chi connectivity index (χ1v) is 7.17. The largest absolute Gasteiger partial charge is 0.395 e. The molecule has 2 aromatic carbocycles. The summed E-state index contributed by atoms with van der Waals surface area (Å²) in [5.41, 5.74) is 3.26. The van der Waals surface area contributed by atoms with Crippen molar-refractivity contribution in [2.24, 2.45) is 0 Å². The van der Waals surface area contributed by atoms with Gasteiger partial charge in [-0.25, -0.2) is 0 Å². The molecule has 3 rings (SSSR count). The van der Waals surface area contributed by atoms with Gasteiger partial charge in [-0.3, -0.25) is 5.41 Å². The second-order valence-electron chi connectivity index (χ2n) is 4.87. The lowest BCUT2D eigenvalue weighted by Gasteiger charge is -2.06. The summed E-state index contributed by atoms with van der Waals surface area (Å²) in [6.07, 6.45) is 0. The molecule has 0 amide bonds. The molecule has 1 aromatic heterocycles. The van der Waals surface area contributed by atoms with Crippen LogP contribution < -0.4 is 5.62 Å². The Kier molecular flexibility index (Phi) is 5.29. The average Bonchev–Trinajstić information content (AvgIpc) is 2.76. The number of aliphatic hydroxyl groups is 1. The molecule has 0 fully saturated rings. The van der Waals surface area contributed by atoms with E-state index in [-0.39, 0.29) is 19.0 Å². The minimum Gasteiger partial charge on any atom is -0.395 e. The predicted octanol–water partition coefficient (Wildman–Crippen LogP) is 3.04. The van der Waals surface area contributed by atoms with Crippen LogP contribution in [0.25, 0.3) is 11.0 Å². The van der Waals surface area contributed by atoms with E-state index in [1.165, 1.54) is 0 Å². The van der Waals surface area contributed by atoms with Gasteiger partial charge in [0, 0.05) is 11.6 Å². The van der Waals surface area contributed by atoms with Crippen LogP contribution >= 0.6 is 24.0 Å². The number of fused-ring (bicyclic) bond motifs is 1. The van der Waals surface area contributed by atoms with Crippen LogP contribution in [0.15, 0.2) is 48.5 Å². The first-order valence-electron chi connectivity index (χ1n) is 6.79. The third kappa shape index (κ3) is 2.90. The molecular formula is C16H17Cl2N3O. The van der Waals surface area contributed by atoms with E-state index in [1.807, 2.05) is 57.7 Å². The van der Waals surface area contributed by atoms with Gasteiger partial charge >= 0.3 is 0 Å². The Morgan fingerprint density at radius 2 is 1.55 bits per heavy atom. The lowest BCUT2D eigenvalue weighted by atomic mass is 10.2. The fourth-order valence-corrected chi connectivity index (χ4v) is 2.77. The van der Waals surface area contributed by atoms with Gasteiger partial charge in [0.05, 0.1) is 24.2 Å². The summed E-state index contributed by atoms with van der Waals surface area (Å²) < 4.78 is 3.72. The van der Waals surface area contributed by atoms with Crippen LogP contribution in [0.2, 0.25) is 5.02 Å². The first kappa shape index (κ1) is 16.6. The summed E-state index contributed by atoms with van der Waals surface area (Å²) >= 11 is 6.22. The number of nitrogens with zero attached hydrogens (tertiary/aromatic N) is 2. The Hall–Kier alpha value is -1.75. The molecule has 0 aliphatic carbocycles. The summed E-state index contributed by atoms with van der Waals surface area (Å²) in [4.78, 5) is 0. The van der Waals surface area contributed by atoms with Crippen LogP contribution in [-0.4, -0.2) is 20.8 Å². The van der Waals surface area contributed by atoms with Gasteiger partial charge in [-0.2, -0.15) is 0 Å². The van der Waals surface area contributed by atoms with Gasteiger partial charge in [-0.1, -0.05) is 41.9 Å². The van der Waals surface area contributed by atoms with Crippen molar-refractivity contribution in [3.05, 3.63) is 64.7 Å². The number of benzene rings is 2. The van der Waals surface area contributed by atoms with Crippen molar-refractivity contribution in [3.63, 3.8) is 0 Å². The lowest BCUT2D eigenvalue weighted by Crippen LogP contribution is -2.26. The van der Waals surface area contributed by atoms with Crippen molar-refractivity contribution in [1.29, 1.82) is 5.41 Å². The number of rotatable bonds is 4. The first-order chi connectivity index (χ1) is 10.2. The fraction of sp³-hybridized carbons (Fsp3) is 0.188. The molecule has 0 aliphatic rings. The Balaban J connectivity index is 0.00000176. The van der Waals surface area contributed by atoms with Gasteiger partial charge in [0.2, 0.25) is 5.62 Å². The molecule has 22 heavy (non-hydrogen) atoms. The van der Waals surface area contributed by atoms with Crippen molar-refractivity contribution in [1.82, 2.24) is 9.13 Å². The lowest BCUT2D eigenvalue weighted by molar-refractivity contribution is 0.274. The number of aromatic nitrogens is 2. The zero-order valence-electron chi connectivity index (χ0n) is 11.9. The monoisotopic (exact) mass is 337 g/mol. The number of hydrogen-bond donors (Lipinski definition) is 2. The van der Waals surface area contributed by atoms with Gasteiger partial charge in [0.15, 0.2) is 0 Å². The van der Waals surface area contributed by atoms with E-state index < -0.39 is 0 Å². The standard InChI is InChI=1S/C16H16ClN3O.ClH/c17-13-6-2-1-5-12(13)11-20-15-8-4-3-7-14(15)19(9-10-21)16(20)18;/h1-8,18,21H,9-11H2;1H. The number of halogens is 2. The third-order valence-corrected chi connectivity index (χ3v) is 3.95. The van der Waals surface area contributed by atoms with Gasteiger partial charge in [-0.15, -0.1) is 12.4 Å². The quantitative estimate of drug-likeness (QED) is 0.755. The molecule has 116 valence electrons. The molecule has 3 aromatic rings. The van der Waals surface area contributed by atoms with Gasteiger partial charge in [-0.05, 0) is 23.8 Å². The smallest absolute Gasteiger partial charge is 0.203 e. The summed E-state index contributed by atoms with van der Waals surface area (Å²) in [5, 5.41) is 18.3. The summed E-state index contributed by atoms with van der Waals surface area (Å²) in [7, 11) is 0. The highest BCUT2D eigenvalue weighted by atomic mass is 35.5. The normalized spacial score (nSPS) is 10.6. The molecule has 6 heteroatoms. The minimum absolute atomic E-state index is 0. The molecule has 0 saturated carbocycles. The average molecular weight is 338 g/mol. The molecule has 0 spiro atoms. The second kappa shape index (κ2) is 7.01. The third-order valence-electron chi connectivity index (χ3n) is 3.58. The van der Waals surface area contributed by atoms with Gasteiger partial charge in [0.1, 0.15) is 0 Å². The SMILES string of the molecule is Cl.N=c1n(CCO)c2ccccc2n1Cc1ccccc1Cl. The molecule has 0 bridgehead atoms. The van der Waals surface area contributed by atoms with Crippen LogP contribution in [0, 0.1) is 5.41 Å². The minimum atomic E-state index is 0. The van der Waals surface area contributed by atoms with E-state index in [9.17, 15) is 5.11 Å². The van der Waals surface area contributed by atoms with Crippen molar-refractivity contribution in [2.45, 2.75) is 13.1 Å². The Labute approximate surface area is 139 Å². The molecular weight excluding hydrogens is 321 g/mol. The second-order valence-corrected chi connectivity index (χ2v) is 5.27. The molecule has 0 aliphatic heterocycles. The highest BCUT2D eigenvalue weighted by molar-refractivity contribution is 6.31. The van der Waals surface area contributed by atoms with Crippen LogP contribution in [0.3, 0.4) is 0 Å². The molecule has 0 radical (unpaired) electrons. The maximum Gasteiger partial charge on any atom is 0.203 e. The van der Waals surface area contributed by atoms with Crippen LogP contribution in [-0.2, 0) is 13.1 Å². The molecule has 0 saturated heterocycles. The molecule has 0 atom stereocenters. The van der Waals surface area contributed by atoms with Crippen molar-refractivity contribution < 1.29 is 5.11 Å². The van der Waals surface area contributed by atoms with E-state index in [4.69, 9.17) is 17.0 Å². The number of aliphatic hydroxyl groups excluding tert-OH is 1. The zero-order valence-corrected chi connectivity index (χ0v) is 13.4. The number of imidazole rings is 1. The van der Waals surface area contributed by atoms with E-state index in [0.717, 1.165) is 16.6 Å². The van der Waals surface area contributed by atoms with E-state index in [2.05, 4.69) is 0 Å². The highest BCUT2D eigenvalue weighted by Crippen LogP contribution is 2.19. The zero-order chi connectivity index (χ0) is 14.8. The highest BCUT2D eigenvalue weighted by Gasteiger charge is 2.11. The Morgan fingerprint density at radius 1 is 0.955 bits per heavy atom. The maximum atomic E-state index is 9.21. The number of para-hydroxylation sites is 2. The van der Waals surface area contributed by atoms with E-state index in [1.54, 1.807) is 0 Å². The van der Waals surface area contributed by atoms with Crippen molar-refractivity contribution >= 4 is 35.0 Å². The molecule has 2 N–H and O–H groups in total. The topological polar surface area (TPSA) is 53.9 Å². The maximum absolute atomic E-state index is 9.21. The summed E-state index contributed by atoms with van der Waals surface area (Å²) in [5.74, 6) is 0. The van der Waals surface area contributed by atoms with Crippen molar-refractivity contribution in [3.8, 4) is 0 Å². The number of hydrogen-bond acceptors (Lipinski definition) is 2. The van der Waals surface area contributed by atoms with Crippen molar-refractivity contribution in [2.75, 3.05) is 6.61 Å². The van der Waals surface area contributed by atoms with E-state index >= 15 is 0 Å². The molecule has 1 heterocycles. The predicted molar refractivity (Wildman–Crippen MR) is 90.7 cm³/mol. The molecule has 4 nitrogen and oxygen atoms in total. The Morgan fingerprint density at radius 3 is 2.18 bits per heavy atom. The summed E-state index contributed by atoms with van der Waals surface area (Å²) in [6, 6.07) is 15.5.